The largest absolute Gasteiger partial charge is 0.133 e. The fourth-order valence-electron chi connectivity index (χ4n) is 4.12. The van der Waals surface area contributed by atoms with Crippen LogP contribution in [0.15, 0.2) is 72.8 Å². The van der Waals surface area contributed by atoms with Crippen molar-refractivity contribution < 1.29 is 0 Å². The van der Waals surface area contributed by atoms with Gasteiger partial charge in [0.05, 0.1) is 18.8 Å². The van der Waals surface area contributed by atoms with E-state index in [4.69, 9.17) is 0 Å². The van der Waals surface area contributed by atoms with Gasteiger partial charge in [0.25, 0.3) is 0 Å². The average Bonchev–Trinajstić information content (AvgIpc) is 3.33. The van der Waals surface area contributed by atoms with Crippen LogP contribution in [-0.4, -0.2) is 0 Å². The van der Waals surface area contributed by atoms with Gasteiger partial charge in [-0.2, -0.15) is 0 Å². The van der Waals surface area contributed by atoms with Crippen molar-refractivity contribution in [1.82, 2.24) is 0 Å². The lowest BCUT2D eigenvalue weighted by Gasteiger charge is -1.98. The van der Waals surface area contributed by atoms with Gasteiger partial charge >= 0.3 is 0 Å². The summed E-state index contributed by atoms with van der Waals surface area (Å²) in [6, 6.07) is 26.8. The van der Waals surface area contributed by atoms with Crippen molar-refractivity contribution >= 4 is 94.5 Å². The van der Waals surface area contributed by atoms with Crippen molar-refractivity contribution in [3.63, 3.8) is 0 Å². The highest BCUT2D eigenvalue weighted by molar-refractivity contribution is 7.43. The molecule has 0 aliphatic heterocycles. The second-order valence-electron chi connectivity index (χ2n) is 7.01. The summed E-state index contributed by atoms with van der Waals surface area (Å²) in [7, 11) is 0. The van der Waals surface area contributed by atoms with Crippen LogP contribution in [0.2, 0.25) is 0 Å². The van der Waals surface area contributed by atoms with E-state index in [1.807, 2.05) is 34.0 Å². The van der Waals surface area contributed by atoms with E-state index in [2.05, 4.69) is 72.8 Å². The smallest absolute Gasteiger partial charge is 0.0642 e. The summed E-state index contributed by atoms with van der Waals surface area (Å²) in [5.41, 5.74) is 0. The fraction of sp³-hybridized carbons (Fsp3) is 0. The number of hydrogen-bond donors (Lipinski definition) is 0. The third kappa shape index (κ3) is 1.91. The maximum atomic E-state index is 2.38. The first-order valence-electron chi connectivity index (χ1n) is 8.94. The molecule has 0 atom stereocenters. The Morgan fingerprint density at radius 1 is 0.407 bits per heavy atom. The van der Waals surface area contributed by atoms with Crippen molar-refractivity contribution in [2.75, 3.05) is 0 Å². The molecule has 27 heavy (non-hydrogen) atoms. The minimum Gasteiger partial charge on any atom is -0.133 e. The summed E-state index contributed by atoms with van der Waals surface area (Å²) in [5, 5.41) is 8.15. The zero-order chi connectivity index (χ0) is 17.5. The normalized spacial score (nSPS) is 12.4. The fourth-order valence-corrected chi connectivity index (χ4v) is 8.43. The van der Waals surface area contributed by atoms with E-state index in [1.54, 1.807) is 0 Å². The number of thiophene rings is 3. The lowest BCUT2D eigenvalue weighted by atomic mass is 10.1. The Kier molecular flexibility index (Phi) is 2.74. The van der Waals surface area contributed by atoms with Crippen LogP contribution in [0, 0.1) is 0 Å². The topological polar surface area (TPSA) is 0 Å². The molecule has 0 spiro atoms. The van der Waals surface area contributed by atoms with Crippen molar-refractivity contribution in [3.05, 3.63) is 72.8 Å². The number of fused-ring (bicyclic) bond motifs is 9. The van der Waals surface area contributed by atoms with Crippen molar-refractivity contribution in [1.29, 1.82) is 0 Å². The molecule has 0 aliphatic rings. The van der Waals surface area contributed by atoms with Gasteiger partial charge in [-0.25, -0.2) is 0 Å². The van der Waals surface area contributed by atoms with Crippen molar-refractivity contribution in [2.45, 2.75) is 0 Å². The van der Waals surface area contributed by atoms with Crippen LogP contribution >= 0.6 is 34.0 Å². The first-order valence-corrected chi connectivity index (χ1v) is 11.4. The van der Waals surface area contributed by atoms with Gasteiger partial charge in [0.1, 0.15) is 0 Å². The molecule has 0 aliphatic carbocycles. The summed E-state index contributed by atoms with van der Waals surface area (Å²) in [4.78, 5) is 0. The highest BCUT2D eigenvalue weighted by Crippen LogP contribution is 2.50. The van der Waals surface area contributed by atoms with Gasteiger partial charge in [-0.15, -0.1) is 34.0 Å². The molecule has 0 radical (unpaired) electrons. The van der Waals surface area contributed by atoms with E-state index in [0.29, 0.717) is 0 Å². The van der Waals surface area contributed by atoms with Crippen LogP contribution in [0.1, 0.15) is 0 Å². The maximum absolute atomic E-state index is 2.38. The van der Waals surface area contributed by atoms with Gasteiger partial charge in [0.2, 0.25) is 0 Å². The highest BCUT2D eigenvalue weighted by atomic mass is 32.1. The number of rotatable bonds is 0. The predicted molar refractivity (Wildman–Crippen MR) is 125 cm³/mol. The van der Waals surface area contributed by atoms with Crippen molar-refractivity contribution in [2.24, 2.45) is 0 Å². The molecule has 3 aromatic heterocycles. The van der Waals surface area contributed by atoms with Crippen LogP contribution in [0.5, 0.6) is 0 Å². The van der Waals surface area contributed by atoms with Gasteiger partial charge in [-0.1, -0.05) is 48.5 Å². The van der Waals surface area contributed by atoms with Gasteiger partial charge in [-0.05, 0) is 45.8 Å². The van der Waals surface area contributed by atoms with Gasteiger partial charge < -0.3 is 0 Å². The summed E-state index contributed by atoms with van der Waals surface area (Å²) in [6.07, 6.45) is 0. The van der Waals surface area contributed by atoms with Crippen LogP contribution < -0.4 is 0 Å². The zero-order valence-corrected chi connectivity index (χ0v) is 16.6. The highest BCUT2D eigenvalue weighted by Gasteiger charge is 2.17. The van der Waals surface area contributed by atoms with E-state index in [0.717, 1.165) is 0 Å². The monoisotopic (exact) mass is 396 g/mol. The molecule has 0 saturated carbocycles. The van der Waals surface area contributed by atoms with Gasteiger partial charge in [-0.3, -0.25) is 0 Å². The third-order valence-corrected chi connectivity index (χ3v) is 9.42. The molecule has 3 heteroatoms. The quantitative estimate of drug-likeness (QED) is 0.240. The van der Waals surface area contributed by atoms with Crippen LogP contribution in [0.4, 0.5) is 0 Å². The molecular formula is C24H12S3. The zero-order valence-electron chi connectivity index (χ0n) is 14.2. The number of benzene rings is 4. The molecular weight excluding hydrogens is 384 g/mol. The molecule has 0 amide bonds. The predicted octanol–water partition coefficient (Wildman–Crippen LogP) is 8.79. The SMILES string of the molecule is c1ccc2cc3c(cc2c1)sc1c3sc2c3cc4ccccc4cc3sc21. The number of hydrogen-bond acceptors (Lipinski definition) is 3. The minimum absolute atomic E-state index is 1.33. The second-order valence-corrected chi connectivity index (χ2v) is 10.1. The average molecular weight is 397 g/mol. The van der Waals surface area contributed by atoms with Gasteiger partial charge in [0.15, 0.2) is 0 Å². The summed E-state index contributed by atoms with van der Waals surface area (Å²) in [5.74, 6) is 0. The molecule has 0 fully saturated rings. The van der Waals surface area contributed by atoms with Crippen LogP contribution in [0.3, 0.4) is 0 Å². The molecule has 4 aromatic carbocycles. The summed E-state index contributed by atoms with van der Waals surface area (Å²) >= 11 is 5.88. The van der Waals surface area contributed by atoms with E-state index >= 15 is 0 Å². The van der Waals surface area contributed by atoms with Crippen LogP contribution in [-0.2, 0) is 0 Å². The summed E-state index contributed by atoms with van der Waals surface area (Å²) in [6.45, 7) is 0. The van der Waals surface area contributed by atoms with Gasteiger partial charge in [0, 0.05) is 20.2 Å². The molecule has 3 heterocycles. The summed E-state index contributed by atoms with van der Waals surface area (Å²) < 4.78 is 8.64. The molecule has 0 N–H and O–H groups in total. The van der Waals surface area contributed by atoms with Crippen molar-refractivity contribution in [3.8, 4) is 0 Å². The third-order valence-electron chi connectivity index (χ3n) is 5.43. The van der Waals surface area contributed by atoms with E-state index < -0.39 is 0 Å². The lowest BCUT2D eigenvalue weighted by Crippen LogP contribution is -1.71. The molecule has 7 rings (SSSR count). The molecule has 126 valence electrons. The van der Waals surface area contributed by atoms with Crippen LogP contribution in [0.25, 0.3) is 60.5 Å². The van der Waals surface area contributed by atoms with E-state index in [-0.39, 0.29) is 0 Å². The Morgan fingerprint density at radius 3 is 1.26 bits per heavy atom. The Hall–Kier alpha value is -2.46. The Labute approximate surface area is 166 Å². The lowest BCUT2D eigenvalue weighted by molar-refractivity contribution is 1.82. The first-order chi connectivity index (χ1) is 13.3. The second kappa shape index (κ2) is 5.08. The molecule has 0 bridgehead atoms. The molecule has 0 nitrogen and oxygen atoms in total. The molecule has 7 aromatic rings. The molecule has 0 saturated heterocycles. The first kappa shape index (κ1) is 14.6. The van der Waals surface area contributed by atoms with E-state index in [9.17, 15) is 0 Å². The van der Waals surface area contributed by atoms with E-state index in [1.165, 1.54) is 60.5 Å². The maximum Gasteiger partial charge on any atom is 0.0642 e. The minimum atomic E-state index is 1.33. The Balaban J connectivity index is 1.65. The standard InChI is InChI=1S/C24H12S3/c1-3-7-15-11-19-17(9-13(15)5-1)21-23(25-19)24-22(27-21)18-10-14-6-2-4-8-16(14)12-20(18)26-24/h1-12H. The Bertz CT molecular complexity index is 1550. The Morgan fingerprint density at radius 2 is 0.815 bits per heavy atom. The molecule has 0 unspecified atom stereocenters.